The number of hydrogen-bond donors (Lipinski definition) is 3. The largest absolute Gasteiger partial charge is 0.396 e. The molecule has 0 aliphatic heterocycles. The standard InChI is InChI=1S/C11H14N8O2/c1-11(17-18-13)5(3-20)2-6(11)19-4-14-7-8(19)15-10(12)16-9(7)21/h4-6,20H,2-3H2,1H3,(H3,12,15,16,21)/t5-,6-,11-/m1/s1. The third-order valence-corrected chi connectivity index (χ3v) is 4.28. The van der Waals surface area contributed by atoms with Gasteiger partial charge in [0, 0.05) is 17.6 Å². The Labute approximate surface area is 118 Å². The lowest BCUT2D eigenvalue weighted by molar-refractivity contribution is 0.0163. The minimum Gasteiger partial charge on any atom is -0.396 e. The van der Waals surface area contributed by atoms with Crippen LogP contribution < -0.4 is 11.3 Å². The smallest absolute Gasteiger partial charge is 0.280 e. The van der Waals surface area contributed by atoms with Crippen LogP contribution in [0.4, 0.5) is 5.95 Å². The predicted molar refractivity (Wildman–Crippen MR) is 74.3 cm³/mol. The Hall–Kier alpha value is -2.58. The highest BCUT2D eigenvalue weighted by Crippen LogP contribution is 2.50. The van der Waals surface area contributed by atoms with E-state index >= 15 is 0 Å². The molecule has 0 unspecified atom stereocenters. The summed E-state index contributed by atoms with van der Waals surface area (Å²) in [6.45, 7) is 1.69. The number of fused-ring (bicyclic) bond motifs is 1. The maximum Gasteiger partial charge on any atom is 0.280 e. The van der Waals surface area contributed by atoms with Crippen LogP contribution in [0.3, 0.4) is 0 Å². The third kappa shape index (κ3) is 1.77. The molecule has 3 atom stereocenters. The van der Waals surface area contributed by atoms with Crippen molar-refractivity contribution in [3.63, 3.8) is 0 Å². The van der Waals surface area contributed by atoms with Gasteiger partial charge in [-0.25, -0.2) is 4.98 Å². The van der Waals surface area contributed by atoms with Crippen molar-refractivity contribution in [2.75, 3.05) is 12.3 Å². The molecule has 4 N–H and O–H groups in total. The molecule has 10 heteroatoms. The van der Waals surface area contributed by atoms with E-state index in [0.717, 1.165) is 0 Å². The van der Waals surface area contributed by atoms with Gasteiger partial charge in [-0.3, -0.25) is 9.78 Å². The van der Waals surface area contributed by atoms with E-state index in [1.54, 1.807) is 11.5 Å². The normalized spacial score (nSPS) is 28.1. The zero-order valence-corrected chi connectivity index (χ0v) is 11.3. The number of azide groups is 1. The van der Waals surface area contributed by atoms with E-state index in [2.05, 4.69) is 25.0 Å². The first-order valence-electron chi connectivity index (χ1n) is 6.40. The van der Waals surface area contributed by atoms with Gasteiger partial charge in [0.2, 0.25) is 5.95 Å². The molecule has 0 spiro atoms. The molecule has 1 aliphatic rings. The zero-order chi connectivity index (χ0) is 15.2. The van der Waals surface area contributed by atoms with Crippen LogP contribution in [0.5, 0.6) is 0 Å². The van der Waals surface area contributed by atoms with E-state index < -0.39 is 11.1 Å². The summed E-state index contributed by atoms with van der Waals surface area (Å²) in [5, 5.41) is 13.2. The molecular weight excluding hydrogens is 276 g/mol. The average molecular weight is 290 g/mol. The van der Waals surface area contributed by atoms with Crippen molar-refractivity contribution in [2.45, 2.75) is 24.9 Å². The van der Waals surface area contributed by atoms with Gasteiger partial charge in [-0.15, -0.1) is 0 Å². The molecule has 21 heavy (non-hydrogen) atoms. The number of aliphatic hydroxyl groups is 1. The van der Waals surface area contributed by atoms with Gasteiger partial charge in [0.1, 0.15) is 0 Å². The fourth-order valence-corrected chi connectivity index (χ4v) is 2.93. The van der Waals surface area contributed by atoms with Crippen molar-refractivity contribution in [2.24, 2.45) is 11.0 Å². The maximum absolute atomic E-state index is 11.8. The van der Waals surface area contributed by atoms with Gasteiger partial charge in [-0.05, 0) is 17.9 Å². The van der Waals surface area contributed by atoms with Gasteiger partial charge in [-0.2, -0.15) is 4.98 Å². The highest BCUT2D eigenvalue weighted by atomic mass is 16.3. The quantitative estimate of drug-likeness (QED) is 0.421. The summed E-state index contributed by atoms with van der Waals surface area (Å²) in [4.78, 5) is 25.2. The van der Waals surface area contributed by atoms with Crippen LogP contribution in [0.1, 0.15) is 19.4 Å². The second-order valence-corrected chi connectivity index (χ2v) is 5.32. The van der Waals surface area contributed by atoms with Gasteiger partial charge in [0.25, 0.3) is 5.56 Å². The molecule has 110 valence electrons. The van der Waals surface area contributed by atoms with Crippen molar-refractivity contribution < 1.29 is 5.11 Å². The number of aromatic nitrogens is 4. The van der Waals surface area contributed by atoms with E-state index in [4.69, 9.17) is 11.3 Å². The summed E-state index contributed by atoms with van der Waals surface area (Å²) < 4.78 is 1.68. The second kappa shape index (κ2) is 4.47. The number of nitrogens with zero attached hydrogens (tertiary/aromatic N) is 6. The Kier molecular flexibility index (Phi) is 2.85. The van der Waals surface area contributed by atoms with Gasteiger partial charge in [-0.1, -0.05) is 12.0 Å². The number of rotatable bonds is 3. The molecule has 3 rings (SSSR count). The molecule has 0 radical (unpaired) electrons. The third-order valence-electron chi connectivity index (χ3n) is 4.28. The maximum atomic E-state index is 11.8. The topological polar surface area (TPSA) is 159 Å². The van der Waals surface area contributed by atoms with E-state index in [1.807, 2.05) is 0 Å². The van der Waals surface area contributed by atoms with Crippen LogP contribution in [0.15, 0.2) is 16.2 Å². The number of nitrogens with one attached hydrogen (secondary N) is 1. The lowest BCUT2D eigenvalue weighted by atomic mass is 9.64. The van der Waals surface area contributed by atoms with E-state index in [0.29, 0.717) is 12.1 Å². The average Bonchev–Trinajstić information content (AvgIpc) is 2.82. The highest BCUT2D eigenvalue weighted by Gasteiger charge is 2.52. The fourth-order valence-electron chi connectivity index (χ4n) is 2.93. The second-order valence-electron chi connectivity index (χ2n) is 5.32. The van der Waals surface area contributed by atoms with Crippen LogP contribution in [0.25, 0.3) is 21.6 Å². The van der Waals surface area contributed by atoms with Gasteiger partial charge >= 0.3 is 0 Å². The molecular formula is C11H14N8O2. The fraction of sp³-hybridized carbons (Fsp3) is 0.545. The molecule has 1 aliphatic carbocycles. The van der Waals surface area contributed by atoms with Gasteiger partial charge < -0.3 is 15.4 Å². The van der Waals surface area contributed by atoms with Crippen LogP contribution >= 0.6 is 0 Å². The number of nitrogens with two attached hydrogens (primary N) is 1. The predicted octanol–water partition coefficient (Wildman–Crippen LogP) is 0.324. The van der Waals surface area contributed by atoms with Crippen molar-refractivity contribution in [1.82, 2.24) is 19.5 Å². The van der Waals surface area contributed by atoms with Crippen molar-refractivity contribution in [3.8, 4) is 0 Å². The SMILES string of the molecule is C[C@@]1(N=[N+]=[N-])[C@@H](CO)C[C@H]1n1cnc2c(=O)[nH]c(N)nc21. The Balaban J connectivity index is 2.14. The highest BCUT2D eigenvalue weighted by molar-refractivity contribution is 5.70. The number of aromatic amines is 1. The molecule has 2 aromatic rings. The van der Waals surface area contributed by atoms with Crippen LogP contribution in [0.2, 0.25) is 0 Å². The van der Waals surface area contributed by atoms with Crippen LogP contribution in [-0.2, 0) is 0 Å². The van der Waals surface area contributed by atoms with E-state index in [1.165, 1.54) is 6.33 Å². The minimum atomic E-state index is -0.795. The number of anilines is 1. The molecule has 10 nitrogen and oxygen atoms in total. The van der Waals surface area contributed by atoms with Crippen LogP contribution in [0, 0.1) is 5.92 Å². The summed E-state index contributed by atoms with van der Waals surface area (Å²) >= 11 is 0. The zero-order valence-electron chi connectivity index (χ0n) is 11.3. The molecule has 1 saturated carbocycles. The Morgan fingerprint density at radius 2 is 2.52 bits per heavy atom. The number of H-pyrrole nitrogens is 1. The lowest BCUT2D eigenvalue weighted by Gasteiger charge is -2.50. The van der Waals surface area contributed by atoms with Crippen molar-refractivity contribution >= 4 is 17.1 Å². The first kappa shape index (κ1) is 13.4. The Morgan fingerprint density at radius 1 is 1.76 bits per heavy atom. The summed E-state index contributed by atoms with van der Waals surface area (Å²) in [6.07, 6.45) is 2.08. The first-order valence-corrected chi connectivity index (χ1v) is 6.40. The summed E-state index contributed by atoms with van der Waals surface area (Å²) in [7, 11) is 0. The first-order chi connectivity index (χ1) is 10.0. The van der Waals surface area contributed by atoms with Crippen molar-refractivity contribution in [3.05, 3.63) is 27.1 Å². The number of hydrogen-bond acceptors (Lipinski definition) is 6. The van der Waals surface area contributed by atoms with E-state index in [9.17, 15) is 9.90 Å². The summed E-state index contributed by atoms with van der Waals surface area (Å²) in [5.41, 5.74) is 13.6. The molecule has 2 aromatic heterocycles. The number of imidazole rings is 1. The molecule has 0 bridgehead atoms. The summed E-state index contributed by atoms with van der Waals surface area (Å²) in [5.74, 6) is -0.145. The monoisotopic (exact) mass is 290 g/mol. The molecule has 0 amide bonds. The minimum absolute atomic E-state index is 0.00207. The molecule has 2 heterocycles. The molecule has 1 fully saturated rings. The number of aliphatic hydroxyl groups excluding tert-OH is 1. The lowest BCUT2D eigenvalue weighted by Crippen LogP contribution is -2.53. The van der Waals surface area contributed by atoms with Gasteiger partial charge in [0.15, 0.2) is 11.2 Å². The molecule has 0 aromatic carbocycles. The van der Waals surface area contributed by atoms with Crippen molar-refractivity contribution in [1.29, 1.82) is 0 Å². The Bertz CT molecular complexity index is 804. The van der Waals surface area contributed by atoms with Crippen LogP contribution in [-0.4, -0.2) is 36.8 Å². The number of nitrogen functional groups attached to an aromatic ring is 1. The van der Waals surface area contributed by atoms with Gasteiger partial charge in [0.05, 0.1) is 11.9 Å². The Morgan fingerprint density at radius 3 is 3.19 bits per heavy atom. The van der Waals surface area contributed by atoms with E-state index in [-0.39, 0.29) is 30.0 Å². The summed E-state index contributed by atoms with van der Waals surface area (Å²) in [6, 6.07) is -0.232. The molecule has 0 saturated heterocycles.